The summed E-state index contributed by atoms with van der Waals surface area (Å²) in [4.78, 5) is 41.9. The number of primary amides is 3. The van der Waals surface area contributed by atoms with E-state index < -0.39 is 17.7 Å². The minimum Gasteiger partial charge on any atom is -0.369 e. The lowest BCUT2D eigenvalue weighted by atomic mass is 10.3. The lowest BCUT2D eigenvalue weighted by Crippen LogP contribution is -2.49. The van der Waals surface area contributed by atoms with Crippen LogP contribution < -0.4 is 17.2 Å². The molecule has 1 fully saturated rings. The van der Waals surface area contributed by atoms with Crippen molar-refractivity contribution in [2.24, 2.45) is 17.2 Å². The van der Waals surface area contributed by atoms with Gasteiger partial charge in [0.15, 0.2) is 0 Å². The van der Waals surface area contributed by atoms with Crippen LogP contribution in [-0.4, -0.2) is 116 Å². The van der Waals surface area contributed by atoms with Gasteiger partial charge in [0.2, 0.25) is 17.7 Å². The lowest BCUT2D eigenvalue weighted by Gasteiger charge is -2.32. The van der Waals surface area contributed by atoms with Gasteiger partial charge >= 0.3 is 0 Å². The van der Waals surface area contributed by atoms with E-state index in [4.69, 9.17) is 23.6 Å². The number of rotatable bonds is 7. The normalized spacial score (nSPS) is 19.5. The summed E-state index contributed by atoms with van der Waals surface area (Å²) in [7, 11) is 0. The highest BCUT2D eigenvalue weighted by Crippen LogP contribution is 2.00. The number of amides is 3. The molecule has 27 heavy (non-hydrogen) atoms. The number of carbonyl (C=O) groups excluding carboxylic acids is 3. The van der Waals surface area contributed by atoms with Gasteiger partial charge < -0.3 is 17.2 Å². The summed E-state index contributed by atoms with van der Waals surface area (Å²) in [6, 6.07) is 0. The summed E-state index contributed by atoms with van der Waals surface area (Å²) in [6.07, 6.45) is 5.45. The summed E-state index contributed by atoms with van der Waals surface area (Å²) < 4.78 is 0. The van der Waals surface area contributed by atoms with E-state index >= 15 is 0 Å². The number of carbonyl (C=O) groups is 3. The van der Waals surface area contributed by atoms with Crippen LogP contribution in [0.2, 0.25) is 0 Å². The molecular weight excluding hydrogens is 350 g/mol. The van der Waals surface area contributed by atoms with Crippen LogP contribution in [0.15, 0.2) is 0 Å². The van der Waals surface area contributed by atoms with E-state index in [0.29, 0.717) is 58.9 Å². The first-order valence-electron chi connectivity index (χ1n) is 8.98. The van der Waals surface area contributed by atoms with E-state index in [2.05, 4.69) is 10.8 Å². The fourth-order valence-electron chi connectivity index (χ4n) is 3.00. The fourth-order valence-corrected chi connectivity index (χ4v) is 3.00. The van der Waals surface area contributed by atoms with Crippen molar-refractivity contribution < 1.29 is 14.4 Å². The highest BCUT2D eigenvalue weighted by Gasteiger charge is 2.18. The molecule has 10 nitrogen and oxygen atoms in total. The molecule has 1 saturated heterocycles. The second-order valence-electron chi connectivity index (χ2n) is 6.71. The molecule has 0 aliphatic carbocycles. The average Bonchev–Trinajstić information content (AvgIpc) is 2.56. The van der Waals surface area contributed by atoms with Crippen LogP contribution in [0.1, 0.15) is 0 Å². The quantitative estimate of drug-likeness (QED) is 0.385. The van der Waals surface area contributed by atoms with Crippen molar-refractivity contribution in [2.75, 3.05) is 78.5 Å². The molecule has 0 unspecified atom stereocenters. The topological polar surface area (TPSA) is 142 Å². The van der Waals surface area contributed by atoms with E-state index in [9.17, 15) is 14.4 Å². The summed E-state index contributed by atoms with van der Waals surface area (Å²) in [5.74, 6) is 1.40. The molecule has 0 saturated carbocycles. The van der Waals surface area contributed by atoms with Gasteiger partial charge in [-0.15, -0.1) is 6.42 Å². The number of hydrogen-bond acceptors (Lipinski definition) is 7. The average molecular weight is 381 g/mol. The standard InChI is InChI=1S/C17H31N7O3/c1-2-3-21-4-6-22(12-15(18)25)8-10-24(14-17(20)27)11-9-23(7-5-21)13-16(19)26/h1H,3-14H2,(H2,18,25)(H2,19,26)(H2,20,27). The minimum atomic E-state index is -0.426. The molecule has 0 aromatic heterocycles. The molecule has 0 spiro atoms. The van der Waals surface area contributed by atoms with Gasteiger partial charge in [0.05, 0.1) is 26.2 Å². The predicted molar refractivity (Wildman–Crippen MR) is 102 cm³/mol. The summed E-state index contributed by atoms with van der Waals surface area (Å²) >= 11 is 0. The van der Waals surface area contributed by atoms with Crippen LogP contribution in [0.4, 0.5) is 0 Å². The van der Waals surface area contributed by atoms with Crippen LogP contribution >= 0.6 is 0 Å². The Labute approximate surface area is 160 Å². The van der Waals surface area contributed by atoms with Gasteiger partial charge in [0.1, 0.15) is 0 Å². The molecule has 6 N–H and O–H groups in total. The SMILES string of the molecule is C#CCN1CCN(CC(N)=O)CCN(CC(N)=O)CCN(CC(N)=O)CC1. The molecule has 10 heteroatoms. The molecule has 1 rings (SSSR count). The molecule has 0 bridgehead atoms. The van der Waals surface area contributed by atoms with Crippen molar-refractivity contribution in [3.8, 4) is 12.3 Å². The Morgan fingerprint density at radius 1 is 0.630 bits per heavy atom. The molecule has 1 aliphatic heterocycles. The van der Waals surface area contributed by atoms with Crippen molar-refractivity contribution in [1.82, 2.24) is 19.6 Å². The molecule has 0 atom stereocenters. The third-order valence-corrected chi connectivity index (χ3v) is 4.38. The summed E-state index contributed by atoms with van der Waals surface area (Å²) in [6.45, 7) is 5.66. The van der Waals surface area contributed by atoms with Gasteiger partial charge in [-0.3, -0.25) is 34.0 Å². The zero-order chi connectivity index (χ0) is 20.2. The first-order valence-corrected chi connectivity index (χ1v) is 8.98. The molecule has 1 heterocycles. The van der Waals surface area contributed by atoms with Crippen LogP contribution in [0.5, 0.6) is 0 Å². The zero-order valence-corrected chi connectivity index (χ0v) is 15.8. The third-order valence-electron chi connectivity index (χ3n) is 4.38. The van der Waals surface area contributed by atoms with E-state index in [1.165, 1.54) is 0 Å². The van der Waals surface area contributed by atoms with E-state index in [1.807, 2.05) is 14.7 Å². The number of nitrogens with two attached hydrogens (primary N) is 3. The Kier molecular flexibility index (Phi) is 10.4. The monoisotopic (exact) mass is 381 g/mol. The Morgan fingerprint density at radius 3 is 1.11 bits per heavy atom. The van der Waals surface area contributed by atoms with Gasteiger partial charge in [-0.25, -0.2) is 0 Å². The highest BCUT2D eigenvalue weighted by atomic mass is 16.2. The first-order chi connectivity index (χ1) is 12.8. The van der Waals surface area contributed by atoms with Gasteiger partial charge in [-0.05, 0) is 0 Å². The Balaban J connectivity index is 2.87. The van der Waals surface area contributed by atoms with E-state index in [0.717, 1.165) is 0 Å². The van der Waals surface area contributed by atoms with Crippen LogP contribution in [-0.2, 0) is 14.4 Å². The van der Waals surface area contributed by atoms with Crippen molar-refractivity contribution >= 4 is 17.7 Å². The summed E-state index contributed by atoms with van der Waals surface area (Å²) in [5, 5.41) is 0. The zero-order valence-electron chi connectivity index (χ0n) is 15.8. The Bertz CT molecular complexity index is 517. The smallest absolute Gasteiger partial charge is 0.231 e. The van der Waals surface area contributed by atoms with Crippen LogP contribution in [0.3, 0.4) is 0 Å². The minimum absolute atomic E-state index is 0.109. The maximum absolute atomic E-state index is 11.4. The second kappa shape index (κ2) is 12.2. The maximum atomic E-state index is 11.4. The maximum Gasteiger partial charge on any atom is 0.231 e. The predicted octanol–water partition coefficient (Wildman–Crippen LogP) is -3.70. The van der Waals surface area contributed by atoms with Crippen molar-refractivity contribution in [3.63, 3.8) is 0 Å². The Morgan fingerprint density at radius 2 is 0.889 bits per heavy atom. The Hall–Kier alpha value is -2.19. The molecule has 152 valence electrons. The van der Waals surface area contributed by atoms with Crippen LogP contribution in [0.25, 0.3) is 0 Å². The second-order valence-corrected chi connectivity index (χ2v) is 6.71. The molecule has 0 aromatic carbocycles. The third kappa shape index (κ3) is 10.5. The van der Waals surface area contributed by atoms with Gasteiger partial charge in [-0.2, -0.15) is 0 Å². The largest absolute Gasteiger partial charge is 0.369 e. The highest BCUT2D eigenvalue weighted by molar-refractivity contribution is 5.76. The number of nitrogens with zero attached hydrogens (tertiary/aromatic N) is 4. The fraction of sp³-hybridized carbons (Fsp3) is 0.706. The van der Waals surface area contributed by atoms with Gasteiger partial charge in [0.25, 0.3) is 0 Å². The summed E-state index contributed by atoms with van der Waals surface area (Å²) in [5.41, 5.74) is 16.0. The van der Waals surface area contributed by atoms with Gasteiger partial charge in [-0.1, -0.05) is 5.92 Å². The van der Waals surface area contributed by atoms with Gasteiger partial charge in [0, 0.05) is 52.4 Å². The van der Waals surface area contributed by atoms with Crippen LogP contribution in [0, 0.1) is 12.3 Å². The van der Waals surface area contributed by atoms with E-state index in [1.54, 1.807) is 0 Å². The molecule has 1 aliphatic rings. The lowest BCUT2D eigenvalue weighted by molar-refractivity contribution is -0.121. The molecule has 3 amide bonds. The molecular formula is C17H31N7O3. The van der Waals surface area contributed by atoms with E-state index in [-0.39, 0.29) is 19.6 Å². The van der Waals surface area contributed by atoms with Crippen molar-refractivity contribution in [3.05, 3.63) is 0 Å². The number of hydrogen-bond donors (Lipinski definition) is 3. The van der Waals surface area contributed by atoms with Crippen molar-refractivity contribution in [1.29, 1.82) is 0 Å². The van der Waals surface area contributed by atoms with Crippen molar-refractivity contribution in [2.45, 2.75) is 0 Å². The number of terminal acetylenes is 1. The first kappa shape index (κ1) is 22.9. The molecule has 0 radical (unpaired) electrons. The molecule has 0 aromatic rings.